The zero-order valence-corrected chi connectivity index (χ0v) is 13.9. The third-order valence-corrected chi connectivity index (χ3v) is 5.10. The van der Waals surface area contributed by atoms with E-state index in [1.54, 1.807) is 12.3 Å². The van der Waals surface area contributed by atoms with Crippen LogP contribution in [0.3, 0.4) is 0 Å². The molecule has 0 spiro atoms. The SMILES string of the molecule is Cc1ccsc1C(=O)Nc1cc(C(F)(F)F)ccc1N1CCCC1. The summed E-state index contributed by atoms with van der Waals surface area (Å²) in [5.74, 6) is -0.373. The second-order valence-electron chi connectivity index (χ2n) is 5.81. The molecule has 1 aliphatic rings. The van der Waals surface area contributed by atoms with E-state index in [4.69, 9.17) is 0 Å². The maximum absolute atomic E-state index is 13.0. The van der Waals surface area contributed by atoms with Gasteiger partial charge in [-0.25, -0.2) is 0 Å². The van der Waals surface area contributed by atoms with Gasteiger partial charge in [-0.2, -0.15) is 13.2 Å². The van der Waals surface area contributed by atoms with Gasteiger partial charge >= 0.3 is 6.18 Å². The average molecular weight is 354 g/mol. The van der Waals surface area contributed by atoms with Crippen molar-refractivity contribution >= 4 is 28.6 Å². The minimum atomic E-state index is -4.44. The molecule has 1 aromatic heterocycles. The summed E-state index contributed by atoms with van der Waals surface area (Å²) in [5.41, 5.74) is 0.906. The number of amides is 1. The fourth-order valence-corrected chi connectivity index (χ4v) is 3.65. The number of alkyl halides is 3. The Kier molecular flexibility index (Phi) is 4.54. The molecule has 1 saturated heterocycles. The molecule has 2 heterocycles. The topological polar surface area (TPSA) is 32.3 Å². The summed E-state index contributed by atoms with van der Waals surface area (Å²) in [6.07, 6.45) is -2.45. The number of anilines is 2. The number of aryl methyl sites for hydroxylation is 1. The summed E-state index contributed by atoms with van der Waals surface area (Å²) in [6, 6.07) is 5.35. The molecule has 3 nitrogen and oxygen atoms in total. The Hall–Kier alpha value is -2.02. The van der Waals surface area contributed by atoms with Gasteiger partial charge in [-0.1, -0.05) is 0 Å². The molecule has 0 unspecified atom stereocenters. The number of halogens is 3. The van der Waals surface area contributed by atoms with Crippen molar-refractivity contribution in [2.45, 2.75) is 25.9 Å². The molecule has 1 N–H and O–H groups in total. The predicted octanol–water partition coefficient (Wildman–Crippen LogP) is 4.93. The van der Waals surface area contributed by atoms with Crippen molar-refractivity contribution in [3.05, 3.63) is 45.6 Å². The molecule has 0 saturated carbocycles. The maximum atomic E-state index is 13.0. The number of rotatable bonds is 3. The van der Waals surface area contributed by atoms with Gasteiger partial charge in [0.25, 0.3) is 5.91 Å². The molecule has 2 aromatic rings. The molecule has 24 heavy (non-hydrogen) atoms. The third kappa shape index (κ3) is 3.40. The summed E-state index contributed by atoms with van der Waals surface area (Å²) in [5, 5.41) is 4.46. The molecule has 1 aliphatic heterocycles. The Balaban J connectivity index is 1.96. The van der Waals surface area contributed by atoms with Crippen LogP contribution in [0.15, 0.2) is 29.6 Å². The van der Waals surface area contributed by atoms with Crippen LogP contribution >= 0.6 is 11.3 Å². The van der Waals surface area contributed by atoms with Crippen LogP contribution in [0.2, 0.25) is 0 Å². The summed E-state index contributed by atoms with van der Waals surface area (Å²) >= 11 is 1.28. The van der Waals surface area contributed by atoms with E-state index >= 15 is 0 Å². The van der Waals surface area contributed by atoms with Crippen LogP contribution in [0.5, 0.6) is 0 Å². The van der Waals surface area contributed by atoms with E-state index in [1.807, 2.05) is 11.0 Å². The summed E-state index contributed by atoms with van der Waals surface area (Å²) in [4.78, 5) is 14.9. The van der Waals surface area contributed by atoms with E-state index in [1.165, 1.54) is 17.4 Å². The van der Waals surface area contributed by atoms with Gasteiger partial charge in [-0.05, 0) is 55.0 Å². The number of thiophene rings is 1. The Morgan fingerprint density at radius 1 is 1.21 bits per heavy atom. The van der Waals surface area contributed by atoms with E-state index < -0.39 is 11.7 Å². The number of benzene rings is 1. The highest BCUT2D eigenvalue weighted by Gasteiger charge is 2.32. The predicted molar refractivity (Wildman–Crippen MR) is 89.9 cm³/mol. The quantitative estimate of drug-likeness (QED) is 0.848. The van der Waals surface area contributed by atoms with Crippen molar-refractivity contribution in [1.82, 2.24) is 0 Å². The van der Waals surface area contributed by atoms with E-state index in [-0.39, 0.29) is 11.6 Å². The molecule has 7 heteroatoms. The van der Waals surface area contributed by atoms with Gasteiger partial charge in [-0.15, -0.1) is 11.3 Å². The van der Waals surface area contributed by atoms with E-state index in [0.717, 1.165) is 43.6 Å². The first-order valence-electron chi connectivity index (χ1n) is 7.68. The third-order valence-electron chi connectivity index (χ3n) is 4.09. The molecule has 1 amide bonds. The lowest BCUT2D eigenvalue weighted by atomic mass is 10.1. The molecule has 1 aromatic carbocycles. The molecule has 1 fully saturated rings. The molecule has 0 aliphatic carbocycles. The summed E-state index contributed by atoms with van der Waals surface area (Å²) in [7, 11) is 0. The van der Waals surface area contributed by atoms with Crippen molar-refractivity contribution in [3.8, 4) is 0 Å². The second-order valence-corrected chi connectivity index (χ2v) is 6.73. The Labute approximate surface area is 142 Å². The van der Waals surface area contributed by atoms with Crippen molar-refractivity contribution in [1.29, 1.82) is 0 Å². The monoisotopic (exact) mass is 354 g/mol. The van der Waals surface area contributed by atoms with Crippen LogP contribution in [-0.4, -0.2) is 19.0 Å². The number of carbonyl (C=O) groups excluding carboxylic acids is 1. The van der Waals surface area contributed by atoms with Crippen LogP contribution in [0.4, 0.5) is 24.5 Å². The highest BCUT2D eigenvalue weighted by molar-refractivity contribution is 7.12. The first-order valence-corrected chi connectivity index (χ1v) is 8.56. The maximum Gasteiger partial charge on any atom is 0.416 e. The highest BCUT2D eigenvalue weighted by Crippen LogP contribution is 2.37. The molecular formula is C17H17F3N2OS. The van der Waals surface area contributed by atoms with Crippen molar-refractivity contribution < 1.29 is 18.0 Å². The number of hydrogen-bond acceptors (Lipinski definition) is 3. The minimum Gasteiger partial charge on any atom is -0.370 e. The Morgan fingerprint density at radius 2 is 1.92 bits per heavy atom. The lowest BCUT2D eigenvalue weighted by Gasteiger charge is -2.23. The lowest BCUT2D eigenvalue weighted by molar-refractivity contribution is -0.137. The highest BCUT2D eigenvalue weighted by atomic mass is 32.1. The van der Waals surface area contributed by atoms with Crippen molar-refractivity contribution in [3.63, 3.8) is 0 Å². The fraction of sp³-hybridized carbons (Fsp3) is 0.353. The van der Waals surface area contributed by atoms with Gasteiger partial charge < -0.3 is 10.2 Å². The fourth-order valence-electron chi connectivity index (χ4n) is 2.83. The van der Waals surface area contributed by atoms with E-state index in [0.29, 0.717) is 10.6 Å². The summed E-state index contributed by atoms with van der Waals surface area (Å²) < 4.78 is 39.1. The van der Waals surface area contributed by atoms with Gasteiger partial charge in [0.2, 0.25) is 0 Å². The zero-order chi connectivity index (χ0) is 17.3. The molecule has 3 rings (SSSR count). The van der Waals surface area contributed by atoms with E-state index in [9.17, 15) is 18.0 Å². The lowest BCUT2D eigenvalue weighted by Crippen LogP contribution is -2.22. The minimum absolute atomic E-state index is 0.213. The van der Waals surface area contributed by atoms with Crippen LogP contribution in [0.1, 0.15) is 33.6 Å². The normalized spacial score (nSPS) is 14.9. The number of carbonyl (C=O) groups is 1. The zero-order valence-electron chi connectivity index (χ0n) is 13.1. The Morgan fingerprint density at radius 3 is 2.50 bits per heavy atom. The summed E-state index contributed by atoms with van der Waals surface area (Å²) in [6.45, 7) is 3.37. The van der Waals surface area contributed by atoms with Crippen LogP contribution in [-0.2, 0) is 6.18 Å². The van der Waals surface area contributed by atoms with Gasteiger partial charge in [0, 0.05) is 13.1 Å². The molecule has 0 bridgehead atoms. The first kappa shape index (κ1) is 16.8. The molecular weight excluding hydrogens is 337 g/mol. The smallest absolute Gasteiger partial charge is 0.370 e. The average Bonchev–Trinajstić information content (AvgIpc) is 3.17. The largest absolute Gasteiger partial charge is 0.416 e. The standard InChI is InChI=1S/C17H17F3N2OS/c1-11-6-9-24-15(11)16(23)21-13-10-12(17(18,19)20)4-5-14(13)22-7-2-3-8-22/h4-6,9-10H,2-3,7-8H2,1H3,(H,21,23). The van der Waals surface area contributed by atoms with Gasteiger partial charge in [0.15, 0.2) is 0 Å². The first-order chi connectivity index (χ1) is 11.4. The number of nitrogens with one attached hydrogen (secondary N) is 1. The van der Waals surface area contributed by atoms with Crippen molar-refractivity contribution in [2.24, 2.45) is 0 Å². The van der Waals surface area contributed by atoms with Crippen molar-refractivity contribution in [2.75, 3.05) is 23.3 Å². The number of hydrogen-bond donors (Lipinski definition) is 1. The van der Waals surface area contributed by atoms with Gasteiger partial charge in [0.05, 0.1) is 21.8 Å². The molecule has 0 radical (unpaired) electrons. The molecule has 0 atom stereocenters. The second kappa shape index (κ2) is 6.47. The van der Waals surface area contributed by atoms with Crippen LogP contribution in [0, 0.1) is 6.92 Å². The number of nitrogens with zero attached hydrogens (tertiary/aromatic N) is 1. The Bertz CT molecular complexity index is 749. The molecule has 128 valence electrons. The van der Waals surface area contributed by atoms with Crippen LogP contribution < -0.4 is 10.2 Å². The van der Waals surface area contributed by atoms with Gasteiger partial charge in [0.1, 0.15) is 0 Å². The van der Waals surface area contributed by atoms with E-state index in [2.05, 4.69) is 5.32 Å². The van der Waals surface area contributed by atoms with Gasteiger partial charge in [-0.3, -0.25) is 4.79 Å². The van der Waals surface area contributed by atoms with Crippen LogP contribution in [0.25, 0.3) is 0 Å².